The topological polar surface area (TPSA) is 99.1 Å². The summed E-state index contributed by atoms with van der Waals surface area (Å²) in [6.07, 6.45) is 0. The lowest BCUT2D eigenvalue weighted by Gasteiger charge is -2.20. The molecule has 1 aliphatic heterocycles. The highest BCUT2D eigenvalue weighted by Gasteiger charge is 2.15. The Morgan fingerprint density at radius 1 is 0.739 bits per heavy atom. The summed E-state index contributed by atoms with van der Waals surface area (Å²) in [6.45, 7) is 8.75. The lowest BCUT2D eigenvalue weighted by Crippen LogP contribution is -2.15. The summed E-state index contributed by atoms with van der Waals surface area (Å²) >= 11 is 0. The quantitative estimate of drug-likeness (QED) is 0.572. The van der Waals surface area contributed by atoms with E-state index >= 15 is 0 Å². The van der Waals surface area contributed by atoms with Crippen LogP contribution in [0.15, 0.2) is 48.5 Å². The van der Waals surface area contributed by atoms with Crippen molar-refractivity contribution in [3.05, 3.63) is 65.2 Å². The molecule has 8 N–H and O–H groups in total. The third-order valence-corrected chi connectivity index (χ3v) is 3.28. The lowest BCUT2D eigenvalue weighted by atomic mass is 9.98. The highest BCUT2D eigenvalue weighted by molar-refractivity contribution is 5.92. The van der Waals surface area contributed by atoms with Crippen molar-refractivity contribution in [1.82, 2.24) is 6.15 Å². The molecule has 0 saturated carbocycles. The van der Waals surface area contributed by atoms with Crippen molar-refractivity contribution in [2.75, 3.05) is 5.32 Å². The Labute approximate surface area is 140 Å². The van der Waals surface area contributed by atoms with Crippen LogP contribution >= 0.6 is 0 Å². The normalized spacial score (nSPS) is 14.6. The smallest absolute Gasteiger partial charge is 0.0648 e. The molecular weight excluding hydrogens is 284 g/mol. The van der Waals surface area contributed by atoms with E-state index in [1.165, 1.54) is 0 Å². The molecule has 126 valence electrons. The number of nitrogens with one attached hydrogen (secondary N) is 1. The maximum Gasteiger partial charge on any atom is 0.0648 e. The number of nitrogens with two attached hydrogens (primary N) is 2. The molecule has 2 aromatic carbocycles. The molecule has 2 aromatic rings. The molecule has 0 aromatic heterocycles. The zero-order chi connectivity index (χ0) is 16.5. The van der Waals surface area contributed by atoms with E-state index in [-0.39, 0.29) is 6.15 Å². The van der Waals surface area contributed by atoms with Crippen molar-refractivity contribution < 1.29 is 0 Å². The Morgan fingerprint density at radius 3 is 1.87 bits per heavy atom. The Hall–Kier alpha value is -2.46. The summed E-state index contributed by atoms with van der Waals surface area (Å²) in [5.74, 6) is 0. The maximum absolute atomic E-state index is 6.20. The van der Waals surface area contributed by atoms with Gasteiger partial charge in [0.2, 0.25) is 0 Å². The van der Waals surface area contributed by atoms with E-state index in [0.29, 0.717) is 11.4 Å². The molecule has 4 heteroatoms. The van der Waals surface area contributed by atoms with E-state index in [4.69, 9.17) is 11.5 Å². The molecule has 0 spiro atoms. The fourth-order valence-electron chi connectivity index (χ4n) is 2.29. The number of para-hydroxylation sites is 1. The summed E-state index contributed by atoms with van der Waals surface area (Å²) in [6, 6.07) is 16.0. The monoisotopic (exact) mass is 314 g/mol. The van der Waals surface area contributed by atoms with Gasteiger partial charge in [-0.2, -0.15) is 0 Å². The molecule has 1 aliphatic rings. The highest BCUT2D eigenvalue weighted by Crippen LogP contribution is 2.29. The molecule has 0 atom stereocenters. The molecule has 0 saturated heterocycles. The van der Waals surface area contributed by atoms with Gasteiger partial charge in [0.15, 0.2) is 0 Å². The summed E-state index contributed by atoms with van der Waals surface area (Å²) in [7, 11) is 0. The first kappa shape index (κ1) is 20.5. The average molecular weight is 314 g/mol. The first-order chi connectivity index (χ1) is 10.8. The molecule has 0 bridgehead atoms. The van der Waals surface area contributed by atoms with Crippen LogP contribution in [0.5, 0.6) is 0 Å². The fourth-order valence-corrected chi connectivity index (χ4v) is 2.29. The second kappa shape index (κ2) is 10.3. The molecule has 0 unspecified atom stereocenters. The first-order valence-corrected chi connectivity index (χ1v) is 7.94. The third-order valence-electron chi connectivity index (χ3n) is 3.28. The fraction of sp³-hybridized carbons (Fsp3) is 0.263. The van der Waals surface area contributed by atoms with E-state index in [1.807, 2.05) is 70.2 Å². The van der Waals surface area contributed by atoms with Crippen LogP contribution in [0.1, 0.15) is 44.4 Å². The van der Waals surface area contributed by atoms with Crippen molar-refractivity contribution in [2.24, 2.45) is 11.5 Å². The van der Waals surface area contributed by atoms with E-state index in [0.717, 1.165) is 28.9 Å². The molecule has 1 heterocycles. The predicted octanol–water partition coefficient (Wildman–Crippen LogP) is 4.57. The highest BCUT2D eigenvalue weighted by atomic mass is 14.9. The van der Waals surface area contributed by atoms with Crippen molar-refractivity contribution in [3.8, 4) is 0 Å². The van der Waals surface area contributed by atoms with Crippen molar-refractivity contribution >= 4 is 17.1 Å². The number of benzene rings is 2. The maximum atomic E-state index is 6.20. The van der Waals surface area contributed by atoms with Crippen LogP contribution in [0.2, 0.25) is 0 Å². The molecular formula is C19H30N4. The molecule has 0 radical (unpaired) electrons. The van der Waals surface area contributed by atoms with E-state index in [2.05, 4.69) is 11.4 Å². The predicted molar refractivity (Wildman–Crippen MR) is 103 cm³/mol. The zero-order valence-corrected chi connectivity index (χ0v) is 14.7. The van der Waals surface area contributed by atoms with Crippen molar-refractivity contribution in [1.29, 1.82) is 0 Å². The summed E-state index contributed by atoms with van der Waals surface area (Å²) in [5, 5.41) is 3.40. The molecule has 3 rings (SSSR count). The Balaban J connectivity index is 0.000000901. The summed E-state index contributed by atoms with van der Waals surface area (Å²) < 4.78 is 0. The number of hydrogen-bond acceptors (Lipinski definition) is 4. The minimum Gasteiger partial charge on any atom is -0.397 e. The van der Waals surface area contributed by atoms with E-state index < -0.39 is 0 Å². The van der Waals surface area contributed by atoms with Gasteiger partial charge in [-0.25, -0.2) is 0 Å². The standard InChI is InChI=1S/C15H15N3.2C2H6.H3N/c16-14-11-6-2-1-5-10(11)9-18-13-8-4-3-7-12(13)15(14)17;2*1-2;/h1-8,18H,9,16-17H2;2*1-2H3;1H3/b15-14-;;;. The second-order valence-electron chi connectivity index (χ2n) is 4.38. The Bertz CT molecular complexity index is 577. The van der Waals surface area contributed by atoms with Gasteiger partial charge in [0, 0.05) is 23.4 Å². The molecule has 0 amide bonds. The van der Waals surface area contributed by atoms with Gasteiger partial charge in [-0.3, -0.25) is 0 Å². The number of anilines is 1. The van der Waals surface area contributed by atoms with Crippen LogP contribution in [0.25, 0.3) is 11.4 Å². The van der Waals surface area contributed by atoms with Crippen LogP contribution in [-0.2, 0) is 6.54 Å². The van der Waals surface area contributed by atoms with Crippen molar-refractivity contribution in [3.63, 3.8) is 0 Å². The molecule has 0 aliphatic carbocycles. The van der Waals surface area contributed by atoms with Gasteiger partial charge >= 0.3 is 0 Å². The van der Waals surface area contributed by atoms with Gasteiger partial charge in [0.25, 0.3) is 0 Å². The third kappa shape index (κ3) is 4.50. The van der Waals surface area contributed by atoms with Gasteiger partial charge in [-0.15, -0.1) is 0 Å². The summed E-state index contributed by atoms with van der Waals surface area (Å²) in [5.41, 5.74) is 17.8. The van der Waals surface area contributed by atoms with Gasteiger partial charge in [0.1, 0.15) is 0 Å². The number of fused-ring (bicyclic) bond motifs is 2. The van der Waals surface area contributed by atoms with Gasteiger partial charge < -0.3 is 22.9 Å². The molecule has 4 nitrogen and oxygen atoms in total. The average Bonchev–Trinajstić information content (AvgIpc) is 2.62. The minimum atomic E-state index is 0. The van der Waals surface area contributed by atoms with Crippen LogP contribution in [-0.4, -0.2) is 0 Å². The van der Waals surface area contributed by atoms with Crippen LogP contribution in [0, 0.1) is 0 Å². The number of hydrogen-bond donors (Lipinski definition) is 4. The van der Waals surface area contributed by atoms with Crippen LogP contribution in [0.3, 0.4) is 0 Å². The second-order valence-corrected chi connectivity index (χ2v) is 4.38. The number of rotatable bonds is 0. The van der Waals surface area contributed by atoms with Crippen LogP contribution < -0.4 is 22.9 Å². The molecule has 0 fully saturated rings. The first-order valence-electron chi connectivity index (χ1n) is 7.94. The van der Waals surface area contributed by atoms with Gasteiger partial charge in [0.05, 0.1) is 11.4 Å². The van der Waals surface area contributed by atoms with Gasteiger partial charge in [-0.05, 0) is 11.6 Å². The van der Waals surface area contributed by atoms with Gasteiger partial charge in [-0.1, -0.05) is 70.2 Å². The van der Waals surface area contributed by atoms with E-state index in [1.54, 1.807) is 0 Å². The Morgan fingerprint density at radius 2 is 1.22 bits per heavy atom. The SMILES string of the molecule is CC.CC.N.N/C1=C(\N)c2ccccc2NCc2ccccc21. The largest absolute Gasteiger partial charge is 0.397 e. The molecule has 23 heavy (non-hydrogen) atoms. The van der Waals surface area contributed by atoms with Crippen LogP contribution in [0.4, 0.5) is 5.69 Å². The Kier molecular flexibility index (Phi) is 9.20. The van der Waals surface area contributed by atoms with E-state index in [9.17, 15) is 0 Å². The lowest BCUT2D eigenvalue weighted by molar-refractivity contribution is 1.12. The minimum absolute atomic E-state index is 0. The van der Waals surface area contributed by atoms with Crippen molar-refractivity contribution in [2.45, 2.75) is 34.2 Å². The summed E-state index contributed by atoms with van der Waals surface area (Å²) in [4.78, 5) is 0. The zero-order valence-electron chi connectivity index (χ0n) is 14.7.